The lowest BCUT2D eigenvalue weighted by atomic mass is 10.1. The fraction of sp³-hybridized carbons (Fsp3) is 0.200. The number of anilines is 2. The molecule has 0 saturated heterocycles. The van der Waals surface area contributed by atoms with Gasteiger partial charge in [0.2, 0.25) is 0 Å². The van der Waals surface area contributed by atoms with Crippen LogP contribution in [0.4, 0.5) is 10.8 Å². The summed E-state index contributed by atoms with van der Waals surface area (Å²) in [5.74, 6) is 1.18. The third kappa shape index (κ3) is 4.20. The molecule has 7 heteroatoms. The summed E-state index contributed by atoms with van der Waals surface area (Å²) < 4.78 is 10.6. The second-order valence-electron chi connectivity index (χ2n) is 6.00. The van der Waals surface area contributed by atoms with Crippen molar-refractivity contribution in [1.82, 2.24) is 4.98 Å². The minimum absolute atomic E-state index is 0.192. The van der Waals surface area contributed by atoms with Crippen LogP contribution in [-0.4, -0.2) is 39.2 Å². The minimum Gasteiger partial charge on any atom is -0.497 e. The average Bonchev–Trinajstić information content (AvgIpc) is 3.15. The first-order valence-electron chi connectivity index (χ1n) is 8.28. The van der Waals surface area contributed by atoms with Gasteiger partial charge in [-0.3, -0.25) is 10.1 Å². The van der Waals surface area contributed by atoms with Crippen LogP contribution in [0.3, 0.4) is 0 Å². The number of carbonyl (C=O) groups is 1. The molecular formula is C20H21N3O3S. The largest absolute Gasteiger partial charge is 0.497 e. The highest BCUT2D eigenvalue weighted by molar-refractivity contribution is 7.14. The molecule has 1 heterocycles. The van der Waals surface area contributed by atoms with Crippen molar-refractivity contribution in [3.8, 4) is 22.8 Å². The van der Waals surface area contributed by atoms with E-state index in [4.69, 9.17) is 9.47 Å². The molecule has 27 heavy (non-hydrogen) atoms. The van der Waals surface area contributed by atoms with Gasteiger partial charge in [0.05, 0.1) is 19.9 Å². The SMILES string of the molecule is COc1ccc(-c2csc(NC(=O)c3ccc(N(C)C)cc3)n2)c(OC)c1. The fourth-order valence-electron chi connectivity index (χ4n) is 2.55. The molecule has 0 saturated carbocycles. The molecule has 1 amide bonds. The number of methoxy groups -OCH3 is 2. The smallest absolute Gasteiger partial charge is 0.257 e. The van der Waals surface area contributed by atoms with Gasteiger partial charge < -0.3 is 14.4 Å². The average molecular weight is 383 g/mol. The van der Waals surface area contributed by atoms with E-state index in [0.29, 0.717) is 22.2 Å². The van der Waals surface area contributed by atoms with Gasteiger partial charge in [0, 0.05) is 42.4 Å². The van der Waals surface area contributed by atoms with E-state index in [2.05, 4.69) is 10.3 Å². The minimum atomic E-state index is -0.192. The van der Waals surface area contributed by atoms with Gasteiger partial charge in [0.1, 0.15) is 11.5 Å². The standard InChI is InChI=1S/C20H21N3O3S/c1-23(2)14-7-5-13(6-8-14)19(24)22-20-21-17(12-27-20)16-10-9-15(25-3)11-18(16)26-4/h5-12H,1-4H3,(H,21,22,24). The Kier molecular flexibility index (Phi) is 5.61. The number of ether oxygens (including phenoxy) is 2. The summed E-state index contributed by atoms with van der Waals surface area (Å²) in [4.78, 5) is 18.9. The molecule has 0 spiro atoms. The molecule has 3 rings (SSSR count). The fourth-order valence-corrected chi connectivity index (χ4v) is 3.25. The first-order chi connectivity index (χ1) is 13.0. The highest BCUT2D eigenvalue weighted by atomic mass is 32.1. The molecule has 0 radical (unpaired) electrons. The number of benzene rings is 2. The van der Waals surface area contributed by atoms with E-state index >= 15 is 0 Å². The molecule has 0 bridgehead atoms. The second kappa shape index (κ2) is 8.09. The second-order valence-corrected chi connectivity index (χ2v) is 6.86. The first kappa shape index (κ1) is 18.7. The molecule has 0 aliphatic carbocycles. The van der Waals surface area contributed by atoms with E-state index in [1.807, 2.05) is 48.6 Å². The summed E-state index contributed by atoms with van der Waals surface area (Å²) in [5.41, 5.74) is 3.19. The van der Waals surface area contributed by atoms with Crippen LogP contribution >= 0.6 is 11.3 Å². The zero-order chi connectivity index (χ0) is 19.4. The summed E-state index contributed by atoms with van der Waals surface area (Å²) in [7, 11) is 7.12. The third-order valence-corrected chi connectivity index (χ3v) is 4.81. The molecule has 0 atom stereocenters. The zero-order valence-electron chi connectivity index (χ0n) is 15.6. The van der Waals surface area contributed by atoms with Crippen molar-refractivity contribution in [2.24, 2.45) is 0 Å². The summed E-state index contributed by atoms with van der Waals surface area (Å²) in [6, 6.07) is 12.9. The molecule has 3 aromatic rings. The molecule has 1 aromatic heterocycles. The molecule has 0 aliphatic rings. The number of amides is 1. The van der Waals surface area contributed by atoms with Gasteiger partial charge in [0.15, 0.2) is 5.13 Å². The number of carbonyl (C=O) groups excluding carboxylic acids is 1. The van der Waals surface area contributed by atoms with Crippen LogP contribution in [0.25, 0.3) is 11.3 Å². The number of aromatic nitrogens is 1. The van der Waals surface area contributed by atoms with Crippen LogP contribution in [0.1, 0.15) is 10.4 Å². The molecule has 0 unspecified atom stereocenters. The Morgan fingerprint density at radius 1 is 1.07 bits per heavy atom. The third-order valence-electron chi connectivity index (χ3n) is 4.06. The van der Waals surface area contributed by atoms with Crippen molar-refractivity contribution in [1.29, 1.82) is 0 Å². The van der Waals surface area contributed by atoms with Gasteiger partial charge >= 0.3 is 0 Å². The number of hydrogen-bond acceptors (Lipinski definition) is 6. The monoisotopic (exact) mass is 383 g/mol. The number of nitrogens with one attached hydrogen (secondary N) is 1. The van der Waals surface area contributed by atoms with E-state index in [-0.39, 0.29) is 5.91 Å². The maximum Gasteiger partial charge on any atom is 0.257 e. The lowest BCUT2D eigenvalue weighted by Crippen LogP contribution is -2.13. The summed E-state index contributed by atoms with van der Waals surface area (Å²) in [5, 5.41) is 5.26. The van der Waals surface area contributed by atoms with Crippen LogP contribution in [0, 0.1) is 0 Å². The van der Waals surface area contributed by atoms with Crippen molar-refractivity contribution in [2.45, 2.75) is 0 Å². The predicted molar refractivity (Wildman–Crippen MR) is 109 cm³/mol. The van der Waals surface area contributed by atoms with Crippen LogP contribution in [0.5, 0.6) is 11.5 Å². The molecule has 1 N–H and O–H groups in total. The van der Waals surface area contributed by atoms with Gasteiger partial charge in [-0.25, -0.2) is 4.98 Å². The van der Waals surface area contributed by atoms with E-state index < -0.39 is 0 Å². The topological polar surface area (TPSA) is 63.7 Å². The van der Waals surface area contributed by atoms with E-state index in [9.17, 15) is 4.79 Å². The summed E-state index contributed by atoms with van der Waals surface area (Å²) in [6.07, 6.45) is 0. The Morgan fingerprint density at radius 3 is 2.44 bits per heavy atom. The Hall–Kier alpha value is -3.06. The number of hydrogen-bond donors (Lipinski definition) is 1. The number of rotatable bonds is 6. The highest BCUT2D eigenvalue weighted by Crippen LogP contribution is 2.34. The van der Waals surface area contributed by atoms with Gasteiger partial charge in [0.25, 0.3) is 5.91 Å². The Balaban J connectivity index is 1.77. The van der Waals surface area contributed by atoms with E-state index in [1.165, 1.54) is 11.3 Å². The van der Waals surface area contributed by atoms with Crippen molar-refractivity contribution in [2.75, 3.05) is 38.5 Å². The molecule has 0 aliphatic heterocycles. The predicted octanol–water partition coefficient (Wildman–Crippen LogP) is 4.15. The molecular weight excluding hydrogens is 362 g/mol. The molecule has 6 nitrogen and oxygen atoms in total. The van der Waals surface area contributed by atoms with Gasteiger partial charge in [-0.05, 0) is 36.4 Å². The number of thiazole rings is 1. The quantitative estimate of drug-likeness (QED) is 0.693. The van der Waals surface area contributed by atoms with Crippen LogP contribution < -0.4 is 19.7 Å². The highest BCUT2D eigenvalue weighted by Gasteiger charge is 2.13. The summed E-state index contributed by atoms with van der Waals surface area (Å²) >= 11 is 1.37. The maximum absolute atomic E-state index is 12.4. The molecule has 140 valence electrons. The maximum atomic E-state index is 12.4. The van der Waals surface area contributed by atoms with Crippen molar-refractivity contribution in [3.63, 3.8) is 0 Å². The first-order valence-corrected chi connectivity index (χ1v) is 9.16. The van der Waals surface area contributed by atoms with Crippen molar-refractivity contribution < 1.29 is 14.3 Å². The Morgan fingerprint density at radius 2 is 1.81 bits per heavy atom. The zero-order valence-corrected chi connectivity index (χ0v) is 16.5. The number of nitrogens with zero attached hydrogens (tertiary/aromatic N) is 2. The lowest BCUT2D eigenvalue weighted by molar-refractivity contribution is 0.102. The molecule has 2 aromatic carbocycles. The van der Waals surface area contributed by atoms with Crippen LogP contribution in [0.2, 0.25) is 0 Å². The van der Waals surface area contributed by atoms with Gasteiger partial charge in [-0.2, -0.15) is 0 Å². The summed E-state index contributed by atoms with van der Waals surface area (Å²) in [6.45, 7) is 0. The van der Waals surface area contributed by atoms with E-state index in [0.717, 1.165) is 16.9 Å². The van der Waals surface area contributed by atoms with Crippen LogP contribution in [0.15, 0.2) is 47.8 Å². The van der Waals surface area contributed by atoms with Gasteiger partial charge in [-0.15, -0.1) is 11.3 Å². The Labute approximate surface area is 162 Å². The normalized spacial score (nSPS) is 10.4. The van der Waals surface area contributed by atoms with Crippen molar-refractivity contribution in [3.05, 3.63) is 53.4 Å². The van der Waals surface area contributed by atoms with Gasteiger partial charge in [-0.1, -0.05) is 0 Å². The lowest BCUT2D eigenvalue weighted by Gasteiger charge is -2.12. The van der Waals surface area contributed by atoms with Crippen LogP contribution in [-0.2, 0) is 0 Å². The van der Waals surface area contributed by atoms with E-state index in [1.54, 1.807) is 32.4 Å². The van der Waals surface area contributed by atoms with Crippen molar-refractivity contribution >= 4 is 28.1 Å². The molecule has 0 fully saturated rings. The Bertz CT molecular complexity index is 936.